The molecule has 0 heterocycles. The molecule has 0 saturated carbocycles. The lowest BCUT2D eigenvalue weighted by atomic mass is 9.98. The van der Waals surface area contributed by atoms with Crippen molar-refractivity contribution < 1.29 is 0 Å². The van der Waals surface area contributed by atoms with Crippen LogP contribution >= 0.6 is 0 Å². The second kappa shape index (κ2) is 6.25. The average Bonchev–Trinajstić information content (AvgIpc) is 2.27. The van der Waals surface area contributed by atoms with Crippen LogP contribution in [0.15, 0.2) is 35.1 Å². The predicted molar refractivity (Wildman–Crippen MR) is 68.4 cm³/mol. The maximum Gasteiger partial charge on any atom is 0.0613 e. The molecule has 0 saturated heterocycles. The van der Waals surface area contributed by atoms with Crippen LogP contribution in [0.3, 0.4) is 0 Å². The van der Waals surface area contributed by atoms with Crippen molar-refractivity contribution >= 4 is 5.71 Å². The van der Waals surface area contributed by atoms with Gasteiger partial charge >= 0.3 is 0 Å². The van der Waals surface area contributed by atoms with Crippen molar-refractivity contribution in [3.05, 3.63) is 35.1 Å². The highest BCUT2D eigenvalue weighted by atomic mass is 15.3. The number of hydrogen-bond acceptors (Lipinski definition) is 4. The van der Waals surface area contributed by atoms with E-state index < -0.39 is 0 Å². The standard InChI is InChI=1S/C12H20N4/c1-4-10-8-12(9(2)7-11(10)13)15-5-6-16-14-3/h4,7-8,13-16H,5-6H2,1-3H3/b10-4-,13-11?. The van der Waals surface area contributed by atoms with E-state index in [4.69, 9.17) is 5.41 Å². The van der Waals surface area contributed by atoms with Crippen LogP contribution < -0.4 is 16.2 Å². The number of hydrogen-bond donors (Lipinski definition) is 4. The zero-order chi connectivity index (χ0) is 12.0. The Kier molecular flexibility index (Phi) is 4.95. The molecule has 0 aromatic carbocycles. The molecular formula is C12H20N4. The smallest absolute Gasteiger partial charge is 0.0613 e. The molecule has 4 heteroatoms. The van der Waals surface area contributed by atoms with Gasteiger partial charge in [-0.25, -0.2) is 0 Å². The average molecular weight is 220 g/mol. The quantitative estimate of drug-likeness (QED) is 0.415. The van der Waals surface area contributed by atoms with Crippen molar-refractivity contribution in [1.29, 1.82) is 5.41 Å². The summed E-state index contributed by atoms with van der Waals surface area (Å²) < 4.78 is 0. The van der Waals surface area contributed by atoms with E-state index >= 15 is 0 Å². The van der Waals surface area contributed by atoms with Crippen molar-refractivity contribution in [2.75, 3.05) is 20.1 Å². The fourth-order valence-corrected chi connectivity index (χ4v) is 1.54. The summed E-state index contributed by atoms with van der Waals surface area (Å²) in [6.07, 6.45) is 5.87. The lowest BCUT2D eigenvalue weighted by molar-refractivity contribution is 0.581. The molecule has 0 bridgehead atoms. The van der Waals surface area contributed by atoms with Gasteiger partial charge in [0.1, 0.15) is 0 Å². The fraction of sp³-hybridized carbons (Fsp3) is 0.417. The van der Waals surface area contributed by atoms with E-state index in [1.54, 1.807) is 0 Å². The summed E-state index contributed by atoms with van der Waals surface area (Å²) in [5.41, 5.74) is 9.65. The molecule has 0 fully saturated rings. The summed E-state index contributed by atoms with van der Waals surface area (Å²) in [7, 11) is 1.85. The van der Waals surface area contributed by atoms with Crippen molar-refractivity contribution in [3.8, 4) is 0 Å². The highest BCUT2D eigenvalue weighted by Crippen LogP contribution is 2.17. The van der Waals surface area contributed by atoms with E-state index in [9.17, 15) is 0 Å². The molecule has 0 aromatic heterocycles. The monoisotopic (exact) mass is 220 g/mol. The summed E-state index contributed by atoms with van der Waals surface area (Å²) in [5.74, 6) is 0. The van der Waals surface area contributed by atoms with Gasteiger partial charge in [-0.1, -0.05) is 6.08 Å². The van der Waals surface area contributed by atoms with E-state index in [0.717, 1.165) is 29.9 Å². The molecule has 0 spiro atoms. The molecule has 0 unspecified atom stereocenters. The van der Waals surface area contributed by atoms with Gasteiger partial charge in [0.25, 0.3) is 0 Å². The fourth-order valence-electron chi connectivity index (χ4n) is 1.54. The molecule has 16 heavy (non-hydrogen) atoms. The van der Waals surface area contributed by atoms with Crippen molar-refractivity contribution in [1.82, 2.24) is 16.2 Å². The van der Waals surface area contributed by atoms with Crippen LogP contribution in [-0.4, -0.2) is 25.8 Å². The Balaban J connectivity index is 2.58. The Morgan fingerprint density at radius 2 is 2.06 bits per heavy atom. The van der Waals surface area contributed by atoms with Crippen molar-refractivity contribution in [2.45, 2.75) is 13.8 Å². The van der Waals surface area contributed by atoms with Gasteiger partial charge in [-0.2, -0.15) is 0 Å². The molecule has 1 rings (SSSR count). The Morgan fingerprint density at radius 3 is 2.69 bits per heavy atom. The number of hydrazine groups is 1. The van der Waals surface area contributed by atoms with Gasteiger partial charge in [0.15, 0.2) is 0 Å². The maximum atomic E-state index is 7.77. The molecule has 0 atom stereocenters. The van der Waals surface area contributed by atoms with Crippen LogP contribution in [0.4, 0.5) is 0 Å². The zero-order valence-electron chi connectivity index (χ0n) is 10.1. The number of nitrogens with one attached hydrogen (secondary N) is 4. The minimum Gasteiger partial charge on any atom is -0.383 e. The van der Waals surface area contributed by atoms with Crippen molar-refractivity contribution in [3.63, 3.8) is 0 Å². The summed E-state index contributed by atoms with van der Waals surface area (Å²) in [6.45, 7) is 5.67. The third-order valence-corrected chi connectivity index (χ3v) is 2.45. The second-order valence-corrected chi connectivity index (χ2v) is 3.65. The van der Waals surface area contributed by atoms with E-state index in [1.165, 1.54) is 0 Å². The highest BCUT2D eigenvalue weighted by Gasteiger charge is 2.10. The van der Waals surface area contributed by atoms with E-state index in [1.807, 2.05) is 39.1 Å². The van der Waals surface area contributed by atoms with Crippen LogP contribution in [0.5, 0.6) is 0 Å². The molecule has 4 nitrogen and oxygen atoms in total. The van der Waals surface area contributed by atoms with Crippen LogP contribution in [0, 0.1) is 5.41 Å². The van der Waals surface area contributed by atoms with Crippen LogP contribution in [0.1, 0.15) is 13.8 Å². The minimum absolute atomic E-state index is 0.582. The highest BCUT2D eigenvalue weighted by molar-refractivity contribution is 6.10. The molecule has 1 aliphatic carbocycles. The second-order valence-electron chi connectivity index (χ2n) is 3.65. The predicted octanol–water partition coefficient (Wildman–Crippen LogP) is 1.11. The third-order valence-electron chi connectivity index (χ3n) is 2.45. The number of rotatable bonds is 5. The van der Waals surface area contributed by atoms with Gasteiger partial charge in [-0.3, -0.25) is 10.9 Å². The van der Waals surface area contributed by atoms with Gasteiger partial charge in [-0.15, -0.1) is 0 Å². The molecule has 1 aliphatic rings. The van der Waals surface area contributed by atoms with Gasteiger partial charge in [0, 0.05) is 18.8 Å². The first-order valence-corrected chi connectivity index (χ1v) is 5.48. The lowest BCUT2D eigenvalue weighted by Gasteiger charge is -2.17. The topological polar surface area (TPSA) is 59.9 Å². The largest absolute Gasteiger partial charge is 0.383 e. The summed E-state index contributed by atoms with van der Waals surface area (Å²) in [4.78, 5) is 0. The molecule has 0 aliphatic heterocycles. The summed E-state index contributed by atoms with van der Waals surface area (Å²) >= 11 is 0. The Hall–Kier alpha value is -1.39. The van der Waals surface area contributed by atoms with E-state index in [0.29, 0.717) is 5.71 Å². The zero-order valence-corrected chi connectivity index (χ0v) is 10.1. The normalized spacial score (nSPS) is 18.4. The first kappa shape index (κ1) is 12.7. The lowest BCUT2D eigenvalue weighted by Crippen LogP contribution is -2.34. The SMILES string of the molecule is C/C=C1/C=C(NCCNNC)C(C)=CC1=N. The summed E-state index contributed by atoms with van der Waals surface area (Å²) in [5, 5.41) is 11.1. The first-order chi connectivity index (χ1) is 7.69. The van der Waals surface area contributed by atoms with Crippen LogP contribution in [0.25, 0.3) is 0 Å². The van der Waals surface area contributed by atoms with Gasteiger partial charge in [0.05, 0.1) is 5.71 Å². The molecule has 0 radical (unpaired) electrons. The minimum atomic E-state index is 0.582. The van der Waals surface area contributed by atoms with Gasteiger partial charge in [0.2, 0.25) is 0 Å². The van der Waals surface area contributed by atoms with Crippen LogP contribution in [0.2, 0.25) is 0 Å². The summed E-state index contributed by atoms with van der Waals surface area (Å²) in [6, 6.07) is 0. The maximum absolute atomic E-state index is 7.77. The van der Waals surface area contributed by atoms with Gasteiger partial charge in [-0.05, 0) is 44.2 Å². The number of allylic oxidation sites excluding steroid dienone is 5. The molecule has 0 amide bonds. The van der Waals surface area contributed by atoms with Crippen molar-refractivity contribution in [2.24, 2.45) is 0 Å². The van der Waals surface area contributed by atoms with Gasteiger partial charge < -0.3 is 10.7 Å². The Labute approximate surface area is 97.0 Å². The van der Waals surface area contributed by atoms with E-state index in [-0.39, 0.29) is 0 Å². The van der Waals surface area contributed by atoms with E-state index in [2.05, 4.69) is 16.2 Å². The first-order valence-electron chi connectivity index (χ1n) is 5.48. The van der Waals surface area contributed by atoms with Crippen LogP contribution in [-0.2, 0) is 0 Å². The molecular weight excluding hydrogens is 200 g/mol. The Morgan fingerprint density at radius 1 is 1.31 bits per heavy atom. The third kappa shape index (κ3) is 3.32. The Bertz CT molecular complexity index is 350. The molecule has 4 N–H and O–H groups in total. The molecule has 88 valence electrons. The molecule has 0 aromatic rings.